The number of ether oxygens (including phenoxy) is 1. The van der Waals surface area contributed by atoms with Crippen molar-refractivity contribution in [1.29, 1.82) is 0 Å². The average Bonchev–Trinajstić information content (AvgIpc) is 3.15. The van der Waals surface area contributed by atoms with Gasteiger partial charge in [-0.25, -0.2) is 14.0 Å². The molecule has 1 aromatic carbocycles. The number of nitrogens with zero attached hydrogens (tertiary/aromatic N) is 2. The monoisotopic (exact) mass is 518 g/mol. The van der Waals surface area contributed by atoms with Gasteiger partial charge in [0.15, 0.2) is 0 Å². The summed E-state index contributed by atoms with van der Waals surface area (Å²) >= 11 is 0. The zero-order valence-electron chi connectivity index (χ0n) is 18.4. The first kappa shape index (κ1) is 30.3. The van der Waals surface area contributed by atoms with Crippen molar-refractivity contribution in [3.8, 4) is 0 Å². The molecule has 0 saturated carbocycles. The Morgan fingerprint density at radius 3 is 1.97 bits per heavy atom. The third-order valence-corrected chi connectivity index (χ3v) is 4.92. The highest BCUT2D eigenvalue weighted by Crippen LogP contribution is 2.25. The number of fused-ring (bicyclic) bond motifs is 1. The molecule has 0 radical (unpaired) electrons. The fourth-order valence-electron chi connectivity index (χ4n) is 3.38. The van der Waals surface area contributed by atoms with Crippen molar-refractivity contribution < 1.29 is 55.3 Å². The highest BCUT2D eigenvalue weighted by atomic mass is 19.4. The summed E-state index contributed by atoms with van der Waals surface area (Å²) in [5.41, 5.74) is 1.18. The van der Waals surface area contributed by atoms with Crippen molar-refractivity contribution in [2.45, 2.75) is 37.5 Å². The molecule has 3 rings (SSSR count). The summed E-state index contributed by atoms with van der Waals surface area (Å²) in [7, 11) is 0. The molecular formula is C21H25F7N2O5. The van der Waals surface area contributed by atoms with Gasteiger partial charge in [0.1, 0.15) is 5.82 Å². The quantitative estimate of drug-likeness (QED) is 0.455. The van der Waals surface area contributed by atoms with Crippen LogP contribution in [0.2, 0.25) is 0 Å². The van der Waals surface area contributed by atoms with Gasteiger partial charge >= 0.3 is 24.3 Å². The predicted molar refractivity (Wildman–Crippen MR) is 109 cm³/mol. The fraction of sp³-hybridized carbons (Fsp3) is 0.524. The van der Waals surface area contributed by atoms with Gasteiger partial charge in [0.2, 0.25) is 0 Å². The molecule has 2 fully saturated rings. The number of rotatable bonds is 5. The highest BCUT2D eigenvalue weighted by Gasteiger charge is 2.39. The number of carboxylic acid groups (broad SMARTS) is 2. The van der Waals surface area contributed by atoms with E-state index in [-0.39, 0.29) is 5.82 Å². The van der Waals surface area contributed by atoms with Gasteiger partial charge in [-0.2, -0.15) is 26.3 Å². The molecule has 0 aromatic heterocycles. The molecule has 1 aromatic rings. The first-order chi connectivity index (χ1) is 16.1. The number of carbonyl (C=O) groups is 2. The molecule has 2 unspecified atom stereocenters. The molecule has 198 valence electrons. The summed E-state index contributed by atoms with van der Waals surface area (Å²) in [6.45, 7) is 9.54. The molecule has 2 aliphatic heterocycles. The highest BCUT2D eigenvalue weighted by molar-refractivity contribution is 5.73. The zero-order chi connectivity index (χ0) is 26.8. The van der Waals surface area contributed by atoms with E-state index in [0.29, 0.717) is 18.8 Å². The Balaban J connectivity index is 0.000000362. The molecule has 14 heteroatoms. The van der Waals surface area contributed by atoms with E-state index >= 15 is 0 Å². The van der Waals surface area contributed by atoms with Gasteiger partial charge in [-0.1, -0.05) is 18.2 Å². The van der Waals surface area contributed by atoms with Gasteiger partial charge in [-0.05, 0) is 24.1 Å². The maximum Gasteiger partial charge on any atom is 0.490 e. The van der Waals surface area contributed by atoms with Crippen LogP contribution in [0, 0.1) is 5.82 Å². The van der Waals surface area contributed by atoms with Crippen LogP contribution in [0.25, 0.3) is 0 Å². The van der Waals surface area contributed by atoms with Crippen molar-refractivity contribution in [3.63, 3.8) is 0 Å². The number of hydrogen-bond donors (Lipinski definition) is 2. The normalized spacial score (nSPS) is 20.5. The number of alkyl halides is 6. The van der Waals surface area contributed by atoms with Crippen LogP contribution < -0.4 is 0 Å². The number of hydrogen-bond acceptors (Lipinski definition) is 5. The van der Waals surface area contributed by atoms with Gasteiger partial charge in [0.25, 0.3) is 0 Å². The summed E-state index contributed by atoms with van der Waals surface area (Å²) in [4.78, 5) is 22.8. The van der Waals surface area contributed by atoms with Gasteiger partial charge in [-0.3, -0.25) is 9.80 Å². The second kappa shape index (κ2) is 13.4. The molecule has 2 atom stereocenters. The smallest absolute Gasteiger partial charge is 0.475 e. The molecule has 2 N–H and O–H groups in total. The molecule has 0 spiro atoms. The van der Waals surface area contributed by atoms with E-state index in [9.17, 15) is 30.7 Å². The standard InChI is InChI=1S/C17H23FN2O.2C2HF3O2/c1-2-9-21-17-10-16-12-19(7-8-20(16)13-17)11-14-3-5-15(18)6-4-14;2*3-2(4,5)1(6)7/h2-6,16-17H,1,7-13H2;2*(H,6,7). The minimum atomic E-state index is -5.08. The molecule has 2 aliphatic rings. The minimum absolute atomic E-state index is 0.165. The summed E-state index contributed by atoms with van der Waals surface area (Å²) in [6, 6.07) is 7.44. The van der Waals surface area contributed by atoms with E-state index < -0.39 is 24.3 Å². The Hall–Kier alpha value is -2.71. The second-order valence-electron chi connectivity index (χ2n) is 7.60. The topological polar surface area (TPSA) is 90.3 Å². The maximum atomic E-state index is 12.9. The number of benzene rings is 1. The summed E-state index contributed by atoms with van der Waals surface area (Å²) in [5.74, 6) is -5.68. The average molecular weight is 518 g/mol. The van der Waals surface area contributed by atoms with Crippen LogP contribution in [0.4, 0.5) is 30.7 Å². The van der Waals surface area contributed by atoms with Crippen molar-refractivity contribution >= 4 is 11.9 Å². The fourth-order valence-corrected chi connectivity index (χ4v) is 3.38. The lowest BCUT2D eigenvalue weighted by Gasteiger charge is -2.37. The number of carboxylic acids is 2. The number of halogens is 7. The lowest BCUT2D eigenvalue weighted by atomic mass is 10.1. The Morgan fingerprint density at radius 2 is 1.51 bits per heavy atom. The van der Waals surface area contributed by atoms with Crippen LogP contribution in [0.3, 0.4) is 0 Å². The largest absolute Gasteiger partial charge is 0.490 e. The Kier molecular flexibility index (Phi) is 11.6. The molecule has 2 heterocycles. The Labute approximate surface area is 196 Å². The second-order valence-corrected chi connectivity index (χ2v) is 7.60. The van der Waals surface area contributed by atoms with E-state index in [1.165, 1.54) is 5.56 Å². The minimum Gasteiger partial charge on any atom is -0.475 e. The molecule has 0 amide bonds. The molecule has 2 saturated heterocycles. The van der Waals surface area contributed by atoms with Crippen molar-refractivity contribution in [1.82, 2.24) is 9.80 Å². The Bertz CT molecular complexity index is 807. The van der Waals surface area contributed by atoms with Crippen LogP contribution in [0.15, 0.2) is 36.9 Å². The predicted octanol–water partition coefficient (Wildman–Crippen LogP) is 3.55. The first-order valence-corrected chi connectivity index (χ1v) is 10.2. The van der Waals surface area contributed by atoms with Crippen molar-refractivity contribution in [3.05, 3.63) is 48.3 Å². The summed E-state index contributed by atoms with van der Waals surface area (Å²) in [5, 5.41) is 14.2. The van der Waals surface area contributed by atoms with Crippen LogP contribution in [0.1, 0.15) is 12.0 Å². The Morgan fingerprint density at radius 1 is 1.00 bits per heavy atom. The van der Waals surface area contributed by atoms with E-state index in [0.717, 1.165) is 39.1 Å². The van der Waals surface area contributed by atoms with Crippen molar-refractivity contribution in [2.75, 3.05) is 32.8 Å². The lowest BCUT2D eigenvalue weighted by molar-refractivity contribution is -0.193. The van der Waals surface area contributed by atoms with E-state index in [4.69, 9.17) is 24.5 Å². The maximum absolute atomic E-state index is 12.9. The van der Waals surface area contributed by atoms with Crippen molar-refractivity contribution in [2.24, 2.45) is 0 Å². The van der Waals surface area contributed by atoms with Gasteiger partial charge in [0.05, 0.1) is 12.7 Å². The zero-order valence-corrected chi connectivity index (χ0v) is 18.4. The lowest BCUT2D eigenvalue weighted by Crippen LogP contribution is -2.49. The van der Waals surface area contributed by atoms with Gasteiger partial charge < -0.3 is 14.9 Å². The third-order valence-electron chi connectivity index (χ3n) is 4.92. The van der Waals surface area contributed by atoms with Gasteiger partial charge in [-0.15, -0.1) is 6.58 Å². The number of aliphatic carboxylic acids is 2. The van der Waals surface area contributed by atoms with Crippen LogP contribution in [-0.2, 0) is 20.9 Å². The summed E-state index contributed by atoms with van der Waals surface area (Å²) in [6.07, 6.45) is -6.90. The van der Waals surface area contributed by atoms with Crippen LogP contribution in [0.5, 0.6) is 0 Å². The van der Waals surface area contributed by atoms with E-state index in [1.54, 1.807) is 12.1 Å². The van der Waals surface area contributed by atoms with Crippen LogP contribution >= 0.6 is 0 Å². The molecule has 0 aliphatic carbocycles. The number of piperazine rings is 1. The molecular weight excluding hydrogens is 493 g/mol. The molecule has 0 bridgehead atoms. The SMILES string of the molecule is C=CCOC1CC2CN(Cc3ccc(F)cc3)CCN2C1.O=C(O)C(F)(F)F.O=C(O)C(F)(F)F. The molecule has 7 nitrogen and oxygen atoms in total. The van der Waals surface area contributed by atoms with E-state index in [2.05, 4.69) is 16.4 Å². The van der Waals surface area contributed by atoms with E-state index in [1.807, 2.05) is 18.2 Å². The summed E-state index contributed by atoms with van der Waals surface area (Å²) < 4.78 is 82.2. The van der Waals surface area contributed by atoms with Crippen LogP contribution in [-0.4, -0.2) is 89.2 Å². The third kappa shape index (κ3) is 11.5. The molecule has 35 heavy (non-hydrogen) atoms. The van der Waals surface area contributed by atoms with Gasteiger partial charge in [0, 0.05) is 38.8 Å². The first-order valence-electron chi connectivity index (χ1n) is 10.2.